The lowest BCUT2D eigenvalue weighted by Crippen LogP contribution is -2.35. The molecule has 1 heterocycles. The molecule has 0 aliphatic carbocycles. The van der Waals surface area contributed by atoms with Gasteiger partial charge in [-0.2, -0.15) is 0 Å². The zero-order valence-electron chi connectivity index (χ0n) is 11.8. The summed E-state index contributed by atoms with van der Waals surface area (Å²) in [6.07, 6.45) is 4.72. The maximum atomic E-state index is 13.6. The molecule has 1 aromatic rings. The molecule has 1 atom stereocenters. The van der Waals surface area contributed by atoms with Crippen LogP contribution in [-0.2, 0) is 0 Å². The molecule has 106 valence electrons. The third-order valence-electron chi connectivity index (χ3n) is 4.35. The Balaban J connectivity index is 1.78. The van der Waals surface area contributed by atoms with Crippen molar-refractivity contribution in [2.24, 2.45) is 11.7 Å². The van der Waals surface area contributed by atoms with Gasteiger partial charge in [0.05, 0.1) is 0 Å². The highest BCUT2D eigenvalue weighted by Crippen LogP contribution is 2.22. The van der Waals surface area contributed by atoms with Gasteiger partial charge in [0.25, 0.3) is 0 Å². The lowest BCUT2D eigenvalue weighted by molar-refractivity contribution is 0.177. The van der Waals surface area contributed by atoms with E-state index in [0.717, 1.165) is 18.9 Å². The highest BCUT2D eigenvalue weighted by atomic mass is 19.1. The Morgan fingerprint density at radius 2 is 2.00 bits per heavy atom. The summed E-state index contributed by atoms with van der Waals surface area (Å²) >= 11 is 0. The topological polar surface area (TPSA) is 29.3 Å². The van der Waals surface area contributed by atoms with Crippen LogP contribution in [0.5, 0.6) is 0 Å². The van der Waals surface area contributed by atoms with E-state index >= 15 is 0 Å². The fraction of sp³-hybridized carbons (Fsp3) is 0.625. The Bertz CT molecular complexity index is 386. The van der Waals surface area contributed by atoms with Crippen LogP contribution < -0.4 is 5.73 Å². The Kier molecular flexibility index (Phi) is 5.34. The molecule has 1 aliphatic heterocycles. The molecule has 0 saturated carbocycles. The molecule has 1 unspecified atom stereocenters. The Morgan fingerprint density at radius 3 is 2.63 bits per heavy atom. The molecule has 0 amide bonds. The maximum absolute atomic E-state index is 13.6. The summed E-state index contributed by atoms with van der Waals surface area (Å²) in [5.74, 6) is 0.719. The van der Waals surface area contributed by atoms with Crippen LogP contribution in [0.25, 0.3) is 0 Å². The van der Waals surface area contributed by atoms with Crippen molar-refractivity contribution >= 4 is 0 Å². The summed E-state index contributed by atoms with van der Waals surface area (Å²) in [7, 11) is 0. The van der Waals surface area contributed by atoms with Gasteiger partial charge in [0.15, 0.2) is 0 Å². The summed E-state index contributed by atoms with van der Waals surface area (Å²) in [6.45, 7) is 5.59. The first-order valence-corrected chi connectivity index (χ1v) is 7.43. The molecule has 0 spiro atoms. The standard InChI is InChI=1S/C16H25FN2/c1-2-13-7-10-19(11-8-13)12-9-16(18)14-5-3-4-6-15(14)17/h3-6,13,16H,2,7-12,18H2,1H3. The van der Waals surface area contributed by atoms with Crippen LogP contribution >= 0.6 is 0 Å². The molecule has 0 radical (unpaired) electrons. The van der Waals surface area contributed by atoms with Crippen molar-refractivity contribution in [3.8, 4) is 0 Å². The Labute approximate surface area is 115 Å². The van der Waals surface area contributed by atoms with Crippen molar-refractivity contribution < 1.29 is 4.39 Å². The molecule has 19 heavy (non-hydrogen) atoms. The van der Waals surface area contributed by atoms with Crippen LogP contribution in [0.3, 0.4) is 0 Å². The van der Waals surface area contributed by atoms with E-state index in [1.54, 1.807) is 12.1 Å². The van der Waals surface area contributed by atoms with Crippen LogP contribution in [0.4, 0.5) is 4.39 Å². The van der Waals surface area contributed by atoms with Crippen LogP contribution in [0.15, 0.2) is 24.3 Å². The predicted octanol–water partition coefficient (Wildman–Crippen LogP) is 3.34. The van der Waals surface area contributed by atoms with Crippen LogP contribution in [-0.4, -0.2) is 24.5 Å². The van der Waals surface area contributed by atoms with Gasteiger partial charge in [0.1, 0.15) is 5.82 Å². The molecule has 2 rings (SSSR count). The number of likely N-dealkylation sites (tertiary alicyclic amines) is 1. The third-order valence-corrected chi connectivity index (χ3v) is 4.35. The Morgan fingerprint density at radius 1 is 1.32 bits per heavy atom. The number of rotatable bonds is 5. The van der Waals surface area contributed by atoms with Crippen molar-refractivity contribution in [3.63, 3.8) is 0 Å². The number of hydrogen-bond acceptors (Lipinski definition) is 2. The van der Waals surface area contributed by atoms with Gasteiger partial charge in [0.2, 0.25) is 0 Å². The molecule has 1 fully saturated rings. The van der Waals surface area contributed by atoms with E-state index in [0.29, 0.717) is 5.56 Å². The van der Waals surface area contributed by atoms with Crippen LogP contribution in [0.1, 0.15) is 44.2 Å². The van der Waals surface area contributed by atoms with E-state index in [1.165, 1.54) is 38.4 Å². The lowest BCUT2D eigenvalue weighted by Gasteiger charge is -2.32. The molecule has 1 saturated heterocycles. The van der Waals surface area contributed by atoms with E-state index in [-0.39, 0.29) is 11.9 Å². The highest BCUT2D eigenvalue weighted by Gasteiger charge is 2.19. The highest BCUT2D eigenvalue weighted by molar-refractivity contribution is 5.20. The zero-order chi connectivity index (χ0) is 13.7. The normalized spacial score (nSPS) is 19.5. The summed E-state index contributed by atoms with van der Waals surface area (Å²) in [5.41, 5.74) is 6.74. The molecule has 1 aromatic carbocycles. The molecule has 3 heteroatoms. The van der Waals surface area contributed by atoms with Gasteiger partial charge in [-0.1, -0.05) is 31.5 Å². The smallest absolute Gasteiger partial charge is 0.127 e. The summed E-state index contributed by atoms with van der Waals surface area (Å²) in [4.78, 5) is 2.47. The lowest BCUT2D eigenvalue weighted by atomic mass is 9.94. The molecular formula is C16H25FN2. The third kappa shape index (κ3) is 4.02. The SMILES string of the molecule is CCC1CCN(CCC(N)c2ccccc2F)CC1. The van der Waals surface area contributed by atoms with Crippen molar-refractivity contribution in [2.45, 2.75) is 38.6 Å². The van der Waals surface area contributed by atoms with Gasteiger partial charge in [-0.3, -0.25) is 0 Å². The first-order chi connectivity index (χ1) is 9.20. The summed E-state index contributed by atoms with van der Waals surface area (Å²) in [5, 5.41) is 0. The van der Waals surface area contributed by atoms with E-state index in [2.05, 4.69) is 11.8 Å². The predicted molar refractivity (Wildman–Crippen MR) is 77.4 cm³/mol. The number of piperidine rings is 1. The van der Waals surface area contributed by atoms with Gasteiger partial charge >= 0.3 is 0 Å². The monoisotopic (exact) mass is 264 g/mol. The van der Waals surface area contributed by atoms with Gasteiger partial charge in [-0.15, -0.1) is 0 Å². The quantitative estimate of drug-likeness (QED) is 0.884. The molecule has 0 bridgehead atoms. The van der Waals surface area contributed by atoms with Gasteiger partial charge in [0, 0.05) is 11.6 Å². The van der Waals surface area contributed by atoms with Gasteiger partial charge in [-0.25, -0.2) is 4.39 Å². The average Bonchev–Trinajstić information content (AvgIpc) is 2.46. The summed E-state index contributed by atoms with van der Waals surface area (Å²) < 4.78 is 13.6. The van der Waals surface area contributed by atoms with Gasteiger partial charge < -0.3 is 10.6 Å². The minimum atomic E-state index is -0.190. The maximum Gasteiger partial charge on any atom is 0.127 e. The second kappa shape index (κ2) is 7.01. The number of nitrogens with two attached hydrogens (primary N) is 1. The zero-order valence-corrected chi connectivity index (χ0v) is 11.8. The van der Waals surface area contributed by atoms with Crippen molar-refractivity contribution in [1.29, 1.82) is 0 Å². The molecular weight excluding hydrogens is 239 g/mol. The second-order valence-corrected chi connectivity index (χ2v) is 5.61. The van der Waals surface area contributed by atoms with Crippen molar-refractivity contribution in [2.75, 3.05) is 19.6 Å². The van der Waals surface area contributed by atoms with Crippen LogP contribution in [0, 0.1) is 11.7 Å². The van der Waals surface area contributed by atoms with E-state index in [4.69, 9.17) is 5.73 Å². The fourth-order valence-electron chi connectivity index (χ4n) is 2.87. The number of nitrogens with zero attached hydrogens (tertiary/aromatic N) is 1. The van der Waals surface area contributed by atoms with E-state index in [1.807, 2.05) is 6.07 Å². The minimum absolute atomic E-state index is 0.181. The molecule has 0 aromatic heterocycles. The first kappa shape index (κ1) is 14.5. The average molecular weight is 264 g/mol. The number of hydrogen-bond donors (Lipinski definition) is 1. The minimum Gasteiger partial charge on any atom is -0.324 e. The van der Waals surface area contributed by atoms with Gasteiger partial charge in [-0.05, 0) is 50.9 Å². The van der Waals surface area contributed by atoms with E-state index in [9.17, 15) is 4.39 Å². The van der Waals surface area contributed by atoms with E-state index < -0.39 is 0 Å². The van der Waals surface area contributed by atoms with Crippen LogP contribution in [0.2, 0.25) is 0 Å². The van der Waals surface area contributed by atoms with Crippen molar-refractivity contribution in [1.82, 2.24) is 4.90 Å². The number of halogens is 1. The Hall–Kier alpha value is -0.930. The molecule has 2 N–H and O–H groups in total. The summed E-state index contributed by atoms with van der Waals surface area (Å²) in [6, 6.07) is 6.65. The largest absolute Gasteiger partial charge is 0.324 e. The molecule has 2 nitrogen and oxygen atoms in total. The van der Waals surface area contributed by atoms with Crippen molar-refractivity contribution in [3.05, 3.63) is 35.6 Å². The first-order valence-electron chi connectivity index (χ1n) is 7.43. The molecule has 1 aliphatic rings. The number of benzene rings is 1. The fourth-order valence-corrected chi connectivity index (χ4v) is 2.87. The second-order valence-electron chi connectivity index (χ2n) is 5.61.